The molecule has 0 unspecified atom stereocenters. The Morgan fingerprint density at radius 1 is 1.00 bits per heavy atom. The number of anilines is 1. The van der Waals surface area contributed by atoms with Crippen LogP contribution in [0.1, 0.15) is 16.7 Å². The summed E-state index contributed by atoms with van der Waals surface area (Å²) >= 11 is 0. The van der Waals surface area contributed by atoms with Crippen molar-refractivity contribution < 1.29 is 14.3 Å². The summed E-state index contributed by atoms with van der Waals surface area (Å²) in [7, 11) is 1.62. The Labute approximate surface area is 153 Å². The number of para-hydroxylation sites is 1. The molecule has 0 aliphatic heterocycles. The lowest BCUT2D eigenvalue weighted by atomic mass is 10.1. The summed E-state index contributed by atoms with van der Waals surface area (Å²) in [5.74, 6) is 0.529. The maximum Gasteiger partial charge on any atom is 0.315 e. The quantitative estimate of drug-likeness (QED) is 0.714. The molecule has 0 aliphatic carbocycles. The first-order valence-corrected chi connectivity index (χ1v) is 8.51. The van der Waals surface area contributed by atoms with Crippen molar-refractivity contribution in [3.8, 4) is 5.75 Å². The number of hydrogen-bond acceptors (Lipinski definition) is 3. The van der Waals surface area contributed by atoms with Gasteiger partial charge in [-0.15, -0.1) is 0 Å². The fourth-order valence-electron chi connectivity index (χ4n) is 2.52. The van der Waals surface area contributed by atoms with Crippen LogP contribution in [-0.2, 0) is 11.2 Å². The SMILES string of the molecule is COc1ccccc1CCNC(=O)NCC(=O)Nc1cccc(C)c1C. The highest BCUT2D eigenvalue weighted by molar-refractivity contribution is 5.95. The van der Waals surface area contributed by atoms with Gasteiger partial charge in [-0.2, -0.15) is 0 Å². The molecule has 0 heterocycles. The second-order valence-electron chi connectivity index (χ2n) is 5.97. The summed E-state index contributed by atoms with van der Waals surface area (Å²) in [4.78, 5) is 23.8. The number of urea groups is 1. The molecule has 0 radical (unpaired) electrons. The normalized spacial score (nSPS) is 10.1. The maximum absolute atomic E-state index is 12.0. The molecule has 3 amide bonds. The van der Waals surface area contributed by atoms with Crippen LogP contribution in [0.25, 0.3) is 0 Å². The molecule has 0 bridgehead atoms. The first-order chi connectivity index (χ1) is 12.5. The molecule has 2 aromatic carbocycles. The first-order valence-electron chi connectivity index (χ1n) is 8.51. The lowest BCUT2D eigenvalue weighted by Crippen LogP contribution is -2.40. The molecule has 3 N–H and O–H groups in total. The van der Waals surface area contributed by atoms with Gasteiger partial charge in [-0.05, 0) is 49.1 Å². The van der Waals surface area contributed by atoms with Gasteiger partial charge < -0.3 is 20.7 Å². The Balaban J connectivity index is 1.73. The van der Waals surface area contributed by atoms with Gasteiger partial charge in [0.2, 0.25) is 5.91 Å². The summed E-state index contributed by atoms with van der Waals surface area (Å²) in [5.41, 5.74) is 3.89. The minimum Gasteiger partial charge on any atom is -0.496 e. The smallest absolute Gasteiger partial charge is 0.315 e. The van der Waals surface area contributed by atoms with Crippen molar-refractivity contribution in [3.05, 3.63) is 59.2 Å². The number of nitrogens with one attached hydrogen (secondary N) is 3. The summed E-state index contributed by atoms with van der Waals surface area (Å²) in [6, 6.07) is 13.0. The Morgan fingerprint density at radius 3 is 2.54 bits per heavy atom. The van der Waals surface area contributed by atoms with Crippen molar-refractivity contribution in [1.82, 2.24) is 10.6 Å². The molecule has 0 atom stereocenters. The zero-order valence-corrected chi connectivity index (χ0v) is 15.4. The highest BCUT2D eigenvalue weighted by Gasteiger charge is 2.08. The number of carbonyl (C=O) groups excluding carboxylic acids is 2. The van der Waals surface area contributed by atoms with Gasteiger partial charge in [0, 0.05) is 12.2 Å². The van der Waals surface area contributed by atoms with Crippen LogP contribution in [0.15, 0.2) is 42.5 Å². The molecule has 0 fully saturated rings. The van der Waals surface area contributed by atoms with E-state index in [1.54, 1.807) is 7.11 Å². The van der Waals surface area contributed by atoms with E-state index >= 15 is 0 Å². The van der Waals surface area contributed by atoms with E-state index in [0.29, 0.717) is 13.0 Å². The van der Waals surface area contributed by atoms with Crippen molar-refractivity contribution in [2.45, 2.75) is 20.3 Å². The van der Waals surface area contributed by atoms with Crippen LogP contribution < -0.4 is 20.7 Å². The average molecular weight is 355 g/mol. The minimum atomic E-state index is -0.379. The van der Waals surface area contributed by atoms with Crippen LogP contribution in [0.2, 0.25) is 0 Å². The molecule has 0 saturated heterocycles. The summed E-state index contributed by atoms with van der Waals surface area (Å²) in [6.45, 7) is 4.29. The van der Waals surface area contributed by atoms with Crippen LogP contribution in [0.3, 0.4) is 0 Å². The number of hydrogen-bond donors (Lipinski definition) is 3. The number of rotatable bonds is 7. The van der Waals surface area contributed by atoms with Gasteiger partial charge in [0.25, 0.3) is 0 Å². The fourth-order valence-corrected chi connectivity index (χ4v) is 2.52. The Hall–Kier alpha value is -3.02. The van der Waals surface area contributed by atoms with E-state index in [-0.39, 0.29) is 18.5 Å². The molecule has 0 aromatic heterocycles. The van der Waals surface area contributed by atoms with E-state index < -0.39 is 0 Å². The maximum atomic E-state index is 12.0. The number of ether oxygens (including phenoxy) is 1. The van der Waals surface area contributed by atoms with E-state index in [0.717, 1.165) is 28.1 Å². The van der Waals surface area contributed by atoms with Gasteiger partial charge in [-0.3, -0.25) is 4.79 Å². The molecular weight excluding hydrogens is 330 g/mol. The molecule has 0 aliphatic rings. The van der Waals surface area contributed by atoms with Gasteiger partial charge >= 0.3 is 6.03 Å². The van der Waals surface area contributed by atoms with Crippen molar-refractivity contribution in [2.24, 2.45) is 0 Å². The summed E-state index contributed by atoms with van der Waals surface area (Å²) in [5, 5.41) is 8.10. The number of aryl methyl sites for hydroxylation is 1. The molecule has 0 spiro atoms. The second kappa shape index (κ2) is 9.46. The number of benzene rings is 2. The Kier molecular flexibility index (Phi) is 7.02. The zero-order valence-electron chi connectivity index (χ0n) is 15.4. The second-order valence-corrected chi connectivity index (χ2v) is 5.97. The topological polar surface area (TPSA) is 79.5 Å². The fraction of sp³-hybridized carbons (Fsp3) is 0.300. The Morgan fingerprint density at radius 2 is 1.77 bits per heavy atom. The van der Waals surface area contributed by atoms with Crippen LogP contribution >= 0.6 is 0 Å². The predicted octanol–water partition coefficient (Wildman–Crippen LogP) is 2.79. The summed E-state index contributed by atoms with van der Waals surface area (Å²) in [6.07, 6.45) is 0.645. The lowest BCUT2D eigenvalue weighted by Gasteiger charge is -2.12. The van der Waals surface area contributed by atoms with Crippen LogP contribution in [0, 0.1) is 13.8 Å². The summed E-state index contributed by atoms with van der Waals surface area (Å²) < 4.78 is 5.28. The van der Waals surface area contributed by atoms with E-state index in [9.17, 15) is 9.59 Å². The standard InChI is InChI=1S/C20H25N3O3/c1-14-7-6-9-17(15(14)2)23-19(24)13-22-20(25)21-12-11-16-8-4-5-10-18(16)26-3/h4-10H,11-13H2,1-3H3,(H,23,24)(H2,21,22,25). The van der Waals surface area contributed by atoms with Gasteiger partial charge in [0.05, 0.1) is 13.7 Å². The highest BCUT2D eigenvalue weighted by atomic mass is 16.5. The van der Waals surface area contributed by atoms with Crippen LogP contribution in [-0.4, -0.2) is 32.1 Å². The van der Waals surface area contributed by atoms with E-state index in [1.807, 2.05) is 56.3 Å². The number of amides is 3. The molecule has 6 nitrogen and oxygen atoms in total. The largest absolute Gasteiger partial charge is 0.496 e. The first kappa shape index (κ1) is 19.3. The van der Waals surface area contributed by atoms with Gasteiger partial charge in [0.1, 0.15) is 5.75 Å². The monoisotopic (exact) mass is 355 g/mol. The molecular formula is C20H25N3O3. The minimum absolute atomic E-state index is 0.0894. The lowest BCUT2D eigenvalue weighted by molar-refractivity contribution is -0.115. The van der Waals surface area contributed by atoms with Crippen molar-refractivity contribution in [2.75, 3.05) is 25.5 Å². The van der Waals surface area contributed by atoms with Crippen molar-refractivity contribution in [3.63, 3.8) is 0 Å². The molecule has 138 valence electrons. The van der Waals surface area contributed by atoms with Crippen molar-refractivity contribution in [1.29, 1.82) is 0 Å². The number of methoxy groups -OCH3 is 1. The molecule has 0 saturated carbocycles. The van der Waals surface area contributed by atoms with Gasteiger partial charge in [0.15, 0.2) is 0 Å². The van der Waals surface area contributed by atoms with Gasteiger partial charge in [-0.25, -0.2) is 4.79 Å². The molecule has 6 heteroatoms. The predicted molar refractivity (Wildman–Crippen MR) is 103 cm³/mol. The third kappa shape index (κ3) is 5.51. The zero-order chi connectivity index (χ0) is 18.9. The number of carbonyl (C=O) groups is 2. The van der Waals surface area contributed by atoms with Crippen molar-refractivity contribution >= 4 is 17.6 Å². The van der Waals surface area contributed by atoms with Crippen LogP contribution in [0.4, 0.5) is 10.5 Å². The highest BCUT2D eigenvalue weighted by Crippen LogP contribution is 2.18. The van der Waals surface area contributed by atoms with E-state index in [1.165, 1.54) is 0 Å². The molecule has 2 aromatic rings. The van der Waals surface area contributed by atoms with Crippen LogP contribution in [0.5, 0.6) is 5.75 Å². The third-order valence-electron chi connectivity index (χ3n) is 4.16. The van der Waals surface area contributed by atoms with Gasteiger partial charge in [-0.1, -0.05) is 30.3 Å². The Bertz CT molecular complexity index is 775. The van der Waals surface area contributed by atoms with E-state index in [2.05, 4.69) is 16.0 Å². The third-order valence-corrected chi connectivity index (χ3v) is 4.16. The molecule has 26 heavy (non-hydrogen) atoms. The van der Waals surface area contributed by atoms with E-state index in [4.69, 9.17) is 4.74 Å². The average Bonchev–Trinajstić information content (AvgIpc) is 2.64. The molecule has 2 rings (SSSR count).